The lowest BCUT2D eigenvalue weighted by molar-refractivity contribution is 0.0950. The highest BCUT2D eigenvalue weighted by molar-refractivity contribution is 6.31. The quantitative estimate of drug-likeness (QED) is 0.529. The van der Waals surface area contributed by atoms with Crippen molar-refractivity contribution in [2.24, 2.45) is 0 Å². The predicted octanol–water partition coefficient (Wildman–Crippen LogP) is 5.02. The summed E-state index contributed by atoms with van der Waals surface area (Å²) in [5.41, 5.74) is 2.56. The standard InChI is InChI=1S/C24H31ClFN3O2.C2H7N/c1-5-29(18-9-7-6-8-10-18)21-12-17(25)11-19(14(21)2)23(30)27-13-20-15(3)22(26)16(4)28-24(20)31;1-3-2/h11-12,18H,5-10,13H2,1-4H3,(H,27,30)(H,28,31);3H,1-2H3. The van der Waals surface area contributed by atoms with E-state index in [1.165, 1.54) is 26.2 Å². The van der Waals surface area contributed by atoms with Gasteiger partial charge in [-0.3, -0.25) is 9.59 Å². The Labute approximate surface area is 207 Å². The van der Waals surface area contributed by atoms with Crippen LogP contribution in [0.1, 0.15) is 71.8 Å². The third kappa shape index (κ3) is 6.60. The number of nitrogens with one attached hydrogen (secondary N) is 3. The van der Waals surface area contributed by atoms with Crippen LogP contribution in [0.15, 0.2) is 16.9 Å². The molecule has 3 rings (SSSR count). The Bertz CT molecular complexity index is 1050. The first kappa shape index (κ1) is 27.9. The number of anilines is 1. The molecule has 3 N–H and O–H groups in total. The molecule has 0 bridgehead atoms. The molecule has 1 aromatic carbocycles. The number of H-pyrrole nitrogens is 1. The minimum Gasteiger partial charge on any atom is -0.369 e. The van der Waals surface area contributed by atoms with Gasteiger partial charge in [-0.15, -0.1) is 0 Å². The van der Waals surface area contributed by atoms with Crippen LogP contribution in [-0.4, -0.2) is 37.6 Å². The summed E-state index contributed by atoms with van der Waals surface area (Å²) in [6.45, 7) is 7.88. The molecule has 0 radical (unpaired) electrons. The van der Waals surface area contributed by atoms with Gasteiger partial charge in [-0.25, -0.2) is 4.39 Å². The monoisotopic (exact) mass is 492 g/mol. The Kier molecular flexibility index (Phi) is 10.6. The first-order chi connectivity index (χ1) is 16.2. The normalized spacial score (nSPS) is 13.8. The number of pyridine rings is 1. The highest BCUT2D eigenvalue weighted by atomic mass is 35.5. The van der Waals surface area contributed by atoms with Crippen LogP contribution in [0.2, 0.25) is 5.02 Å². The molecule has 6 nitrogen and oxygen atoms in total. The number of benzene rings is 1. The lowest BCUT2D eigenvalue weighted by Crippen LogP contribution is -2.37. The van der Waals surface area contributed by atoms with E-state index in [1.807, 2.05) is 27.1 Å². The summed E-state index contributed by atoms with van der Waals surface area (Å²) >= 11 is 6.40. The molecule has 0 atom stereocenters. The van der Waals surface area contributed by atoms with Gasteiger partial charge >= 0.3 is 0 Å². The molecule has 0 saturated heterocycles. The van der Waals surface area contributed by atoms with Gasteiger partial charge in [0.2, 0.25) is 0 Å². The highest BCUT2D eigenvalue weighted by Crippen LogP contribution is 2.33. The molecular formula is C26H38ClFN4O2. The average molecular weight is 493 g/mol. The largest absolute Gasteiger partial charge is 0.369 e. The summed E-state index contributed by atoms with van der Waals surface area (Å²) in [5, 5.41) is 6.02. The number of halogens is 2. The first-order valence-corrected chi connectivity index (χ1v) is 12.3. The second kappa shape index (κ2) is 12.9. The molecule has 34 heavy (non-hydrogen) atoms. The van der Waals surface area contributed by atoms with Gasteiger partial charge in [0, 0.05) is 41.0 Å². The van der Waals surface area contributed by atoms with Crippen LogP contribution in [0.5, 0.6) is 0 Å². The van der Waals surface area contributed by atoms with Crippen molar-refractivity contribution in [2.75, 3.05) is 25.5 Å². The van der Waals surface area contributed by atoms with Gasteiger partial charge in [-0.1, -0.05) is 30.9 Å². The van der Waals surface area contributed by atoms with Crippen molar-refractivity contribution in [2.45, 2.75) is 72.4 Å². The Morgan fingerprint density at radius 1 is 1.15 bits per heavy atom. The third-order valence-electron chi connectivity index (χ3n) is 6.37. The van der Waals surface area contributed by atoms with E-state index in [0.29, 0.717) is 16.6 Å². The average Bonchev–Trinajstić information content (AvgIpc) is 2.81. The second-order valence-corrected chi connectivity index (χ2v) is 9.29. The van der Waals surface area contributed by atoms with Crippen LogP contribution in [0, 0.1) is 26.6 Å². The number of hydrogen-bond donors (Lipinski definition) is 3. The molecule has 1 aromatic heterocycles. The van der Waals surface area contributed by atoms with Gasteiger partial charge in [0.15, 0.2) is 0 Å². The van der Waals surface area contributed by atoms with E-state index in [2.05, 4.69) is 27.4 Å². The Morgan fingerprint density at radius 2 is 1.76 bits per heavy atom. The van der Waals surface area contributed by atoms with Crippen molar-refractivity contribution in [3.8, 4) is 0 Å². The number of carbonyl (C=O) groups is 1. The Balaban J connectivity index is 0.00000129. The zero-order valence-electron chi connectivity index (χ0n) is 21.2. The van der Waals surface area contributed by atoms with Crippen molar-refractivity contribution in [3.05, 3.63) is 61.3 Å². The predicted molar refractivity (Wildman–Crippen MR) is 139 cm³/mol. The van der Waals surface area contributed by atoms with Gasteiger partial charge in [0.05, 0.1) is 5.69 Å². The first-order valence-electron chi connectivity index (χ1n) is 12.0. The van der Waals surface area contributed by atoms with E-state index < -0.39 is 11.4 Å². The number of hydrogen-bond acceptors (Lipinski definition) is 4. The fraction of sp³-hybridized carbons (Fsp3) is 0.538. The van der Waals surface area contributed by atoms with Gasteiger partial charge in [-0.2, -0.15) is 0 Å². The SMILES string of the molecule is CCN(c1cc(Cl)cc(C(=O)NCc2c(C)c(F)c(C)[nH]c2=O)c1C)C1CCCCC1.CNC. The molecule has 1 heterocycles. The van der Waals surface area contributed by atoms with E-state index >= 15 is 0 Å². The van der Waals surface area contributed by atoms with Gasteiger partial charge in [0.1, 0.15) is 5.82 Å². The second-order valence-electron chi connectivity index (χ2n) is 8.85. The summed E-state index contributed by atoms with van der Waals surface area (Å²) < 4.78 is 14.2. The molecule has 1 aliphatic carbocycles. The highest BCUT2D eigenvalue weighted by Gasteiger charge is 2.24. The van der Waals surface area contributed by atoms with Crippen LogP contribution >= 0.6 is 11.6 Å². The van der Waals surface area contributed by atoms with Crippen molar-refractivity contribution in [1.82, 2.24) is 15.6 Å². The summed E-state index contributed by atoms with van der Waals surface area (Å²) in [4.78, 5) is 30.1. The maximum Gasteiger partial charge on any atom is 0.253 e. The molecule has 8 heteroatoms. The number of rotatable bonds is 6. The Hall–Kier alpha value is -2.38. The van der Waals surface area contributed by atoms with Crippen molar-refractivity contribution < 1.29 is 9.18 Å². The molecule has 0 aliphatic heterocycles. The smallest absolute Gasteiger partial charge is 0.253 e. The minimum absolute atomic E-state index is 0.0569. The molecule has 0 spiro atoms. The number of aryl methyl sites for hydroxylation is 1. The van der Waals surface area contributed by atoms with E-state index in [0.717, 1.165) is 30.6 Å². The van der Waals surface area contributed by atoms with Crippen LogP contribution in [0.3, 0.4) is 0 Å². The maximum atomic E-state index is 14.2. The number of amides is 1. The summed E-state index contributed by atoms with van der Waals surface area (Å²) in [6, 6.07) is 4.02. The zero-order valence-corrected chi connectivity index (χ0v) is 22.0. The third-order valence-corrected chi connectivity index (χ3v) is 6.59. The lowest BCUT2D eigenvalue weighted by Gasteiger charge is -2.36. The fourth-order valence-corrected chi connectivity index (χ4v) is 4.79. The molecule has 1 fully saturated rings. The summed E-state index contributed by atoms with van der Waals surface area (Å²) in [6.07, 6.45) is 5.99. The molecule has 2 aromatic rings. The van der Waals surface area contributed by atoms with Crippen molar-refractivity contribution in [1.29, 1.82) is 0 Å². The number of aromatic nitrogens is 1. The van der Waals surface area contributed by atoms with E-state index in [4.69, 9.17) is 11.6 Å². The van der Waals surface area contributed by atoms with Crippen LogP contribution in [-0.2, 0) is 6.54 Å². The lowest BCUT2D eigenvalue weighted by atomic mass is 9.93. The maximum absolute atomic E-state index is 14.2. The van der Waals surface area contributed by atoms with Gasteiger partial charge in [0.25, 0.3) is 11.5 Å². The number of aromatic amines is 1. The molecule has 1 saturated carbocycles. The van der Waals surface area contributed by atoms with Crippen molar-refractivity contribution in [3.63, 3.8) is 0 Å². The van der Waals surface area contributed by atoms with Gasteiger partial charge < -0.3 is 20.5 Å². The van der Waals surface area contributed by atoms with E-state index in [-0.39, 0.29) is 29.3 Å². The molecule has 188 valence electrons. The van der Waals surface area contributed by atoms with E-state index in [9.17, 15) is 14.0 Å². The number of nitrogens with zero attached hydrogens (tertiary/aromatic N) is 1. The summed E-state index contributed by atoms with van der Waals surface area (Å²) in [7, 11) is 3.75. The summed E-state index contributed by atoms with van der Waals surface area (Å²) in [5.74, 6) is -0.795. The molecule has 1 amide bonds. The minimum atomic E-state index is -0.462. The van der Waals surface area contributed by atoms with Crippen molar-refractivity contribution >= 4 is 23.2 Å². The fourth-order valence-electron chi connectivity index (χ4n) is 4.58. The topological polar surface area (TPSA) is 77.2 Å². The van der Waals surface area contributed by atoms with Gasteiger partial charge in [-0.05, 0) is 77.9 Å². The van der Waals surface area contributed by atoms with Crippen LogP contribution in [0.4, 0.5) is 10.1 Å². The molecule has 1 aliphatic rings. The van der Waals surface area contributed by atoms with E-state index in [1.54, 1.807) is 13.0 Å². The van der Waals surface area contributed by atoms with Crippen LogP contribution < -0.4 is 21.1 Å². The number of carbonyl (C=O) groups excluding carboxylic acids is 1. The zero-order chi connectivity index (χ0) is 25.4. The van der Waals surface area contributed by atoms with Crippen LogP contribution in [0.25, 0.3) is 0 Å². The molecule has 0 unspecified atom stereocenters. The Morgan fingerprint density at radius 3 is 2.35 bits per heavy atom. The molecular weight excluding hydrogens is 455 g/mol.